The van der Waals surface area contributed by atoms with Crippen LogP contribution in [-0.4, -0.2) is 17.5 Å². The van der Waals surface area contributed by atoms with Gasteiger partial charge in [-0.3, -0.25) is 9.59 Å². The van der Waals surface area contributed by atoms with E-state index in [0.29, 0.717) is 12.1 Å². The average molecular weight is 386 g/mol. The third-order valence-corrected chi connectivity index (χ3v) is 5.76. The number of amides is 1. The number of para-hydroxylation sites is 1. The van der Waals surface area contributed by atoms with E-state index in [2.05, 4.69) is 6.08 Å². The monoisotopic (exact) mass is 386 g/mol. The smallest absolute Gasteiger partial charge is 0.258 e. The molecule has 1 aromatic heterocycles. The van der Waals surface area contributed by atoms with Gasteiger partial charge in [0.2, 0.25) is 0 Å². The molecule has 1 aliphatic carbocycles. The van der Waals surface area contributed by atoms with Crippen LogP contribution < -0.4 is 10.5 Å². The van der Waals surface area contributed by atoms with Gasteiger partial charge < -0.3 is 9.47 Å². The number of aryl methyl sites for hydroxylation is 1. The molecule has 1 amide bonds. The minimum absolute atomic E-state index is 0.0157. The van der Waals surface area contributed by atoms with Crippen molar-refractivity contribution >= 4 is 28.1 Å². The molecule has 29 heavy (non-hydrogen) atoms. The van der Waals surface area contributed by atoms with Crippen LogP contribution in [-0.2, 0) is 6.54 Å². The van der Waals surface area contributed by atoms with Crippen molar-refractivity contribution in [3.8, 4) is 0 Å². The molecule has 0 saturated carbocycles. The molecule has 3 aromatic rings. The quantitative estimate of drug-likeness (QED) is 0.614. The zero-order chi connectivity index (χ0) is 20.4. The lowest BCUT2D eigenvalue weighted by Crippen LogP contribution is -2.26. The summed E-state index contributed by atoms with van der Waals surface area (Å²) in [5, 5.41) is 0.979. The summed E-state index contributed by atoms with van der Waals surface area (Å²) < 4.78 is 1.78. The number of nitrogens with zero attached hydrogens (tertiary/aromatic N) is 2. The second kappa shape index (κ2) is 8.08. The Morgan fingerprint density at radius 3 is 2.55 bits per heavy atom. The summed E-state index contributed by atoms with van der Waals surface area (Å²) in [6, 6.07) is 17.1. The molecule has 4 rings (SSSR count). The van der Waals surface area contributed by atoms with Crippen molar-refractivity contribution in [2.45, 2.75) is 39.2 Å². The van der Waals surface area contributed by atoms with Crippen LogP contribution in [0.25, 0.3) is 16.5 Å². The fourth-order valence-corrected chi connectivity index (χ4v) is 4.16. The first-order valence-corrected chi connectivity index (χ1v) is 10.3. The maximum Gasteiger partial charge on any atom is 0.258 e. The predicted molar refractivity (Wildman–Crippen MR) is 120 cm³/mol. The second-order valence-electron chi connectivity index (χ2n) is 7.55. The molecule has 4 nitrogen and oxygen atoms in total. The Hall–Kier alpha value is -3.14. The van der Waals surface area contributed by atoms with E-state index >= 15 is 0 Å². The maximum absolute atomic E-state index is 13.1. The highest BCUT2D eigenvalue weighted by molar-refractivity contribution is 6.08. The van der Waals surface area contributed by atoms with Gasteiger partial charge in [0.25, 0.3) is 11.5 Å². The number of rotatable bonds is 4. The molecule has 0 atom stereocenters. The van der Waals surface area contributed by atoms with Crippen LogP contribution in [0.15, 0.2) is 65.5 Å². The molecule has 148 valence electrons. The van der Waals surface area contributed by atoms with Crippen LogP contribution in [0, 0.1) is 0 Å². The third-order valence-electron chi connectivity index (χ3n) is 5.76. The first-order chi connectivity index (χ1) is 14.1. The van der Waals surface area contributed by atoms with Crippen molar-refractivity contribution in [1.29, 1.82) is 0 Å². The van der Waals surface area contributed by atoms with Crippen LogP contribution in [0.5, 0.6) is 0 Å². The highest BCUT2D eigenvalue weighted by Gasteiger charge is 2.18. The Kier molecular flexibility index (Phi) is 5.34. The van der Waals surface area contributed by atoms with E-state index in [-0.39, 0.29) is 11.5 Å². The van der Waals surface area contributed by atoms with E-state index in [1.54, 1.807) is 22.6 Å². The molecule has 1 aliphatic rings. The molecule has 2 aromatic carbocycles. The molecule has 0 bridgehead atoms. The van der Waals surface area contributed by atoms with Gasteiger partial charge >= 0.3 is 0 Å². The van der Waals surface area contributed by atoms with Gasteiger partial charge in [0, 0.05) is 36.3 Å². The van der Waals surface area contributed by atoms with E-state index in [1.165, 1.54) is 12.0 Å². The molecule has 0 radical (unpaired) electrons. The van der Waals surface area contributed by atoms with Crippen LogP contribution in [0.2, 0.25) is 0 Å². The highest BCUT2D eigenvalue weighted by atomic mass is 16.2. The summed E-state index contributed by atoms with van der Waals surface area (Å²) in [7, 11) is 1.79. The van der Waals surface area contributed by atoms with Crippen molar-refractivity contribution < 1.29 is 4.79 Å². The standard InChI is InChI=1S/C25H26N2O2/c1-3-27-23-15-14-19(25(29)26(2)20-12-8-5-9-13-20)16-22(23)21(17-24(27)28)18-10-6-4-7-11-18/h5,8-10,12-17H,3-4,6-7,11H2,1-2H3. The average Bonchev–Trinajstić information content (AvgIpc) is 2.78. The van der Waals surface area contributed by atoms with E-state index in [0.717, 1.165) is 41.4 Å². The number of carbonyl (C=O) groups is 1. The van der Waals surface area contributed by atoms with Gasteiger partial charge in [-0.15, -0.1) is 0 Å². The maximum atomic E-state index is 13.1. The van der Waals surface area contributed by atoms with Crippen LogP contribution in [0.3, 0.4) is 0 Å². The minimum Gasteiger partial charge on any atom is -0.311 e. The van der Waals surface area contributed by atoms with Gasteiger partial charge in [0.05, 0.1) is 5.52 Å². The topological polar surface area (TPSA) is 42.3 Å². The summed E-state index contributed by atoms with van der Waals surface area (Å²) in [5.74, 6) is -0.0593. The van der Waals surface area contributed by atoms with Crippen LogP contribution in [0.1, 0.15) is 48.5 Å². The number of hydrogen-bond donors (Lipinski definition) is 0. The van der Waals surface area contributed by atoms with Gasteiger partial charge in [-0.2, -0.15) is 0 Å². The number of fused-ring (bicyclic) bond motifs is 1. The van der Waals surface area contributed by atoms with Crippen molar-refractivity contribution in [2.75, 3.05) is 11.9 Å². The van der Waals surface area contributed by atoms with Crippen LogP contribution in [0.4, 0.5) is 5.69 Å². The van der Waals surface area contributed by atoms with Crippen molar-refractivity contribution in [3.05, 3.63) is 82.2 Å². The number of aromatic nitrogens is 1. The fraction of sp³-hybridized carbons (Fsp3) is 0.280. The Balaban J connectivity index is 1.85. The number of hydrogen-bond acceptors (Lipinski definition) is 2. The first-order valence-electron chi connectivity index (χ1n) is 10.3. The lowest BCUT2D eigenvalue weighted by molar-refractivity contribution is 0.0993. The summed E-state index contributed by atoms with van der Waals surface area (Å²) >= 11 is 0. The summed E-state index contributed by atoms with van der Waals surface area (Å²) in [6.07, 6.45) is 6.60. The van der Waals surface area contributed by atoms with Crippen LogP contribution >= 0.6 is 0 Å². The van der Waals surface area contributed by atoms with Gasteiger partial charge in [-0.05, 0) is 74.1 Å². The molecular formula is C25H26N2O2. The molecule has 0 fully saturated rings. The summed E-state index contributed by atoms with van der Waals surface area (Å²) in [4.78, 5) is 27.5. The van der Waals surface area contributed by atoms with Gasteiger partial charge in [-0.1, -0.05) is 24.3 Å². The molecule has 0 N–H and O–H groups in total. The summed E-state index contributed by atoms with van der Waals surface area (Å²) in [6.45, 7) is 2.58. The number of carbonyl (C=O) groups excluding carboxylic acids is 1. The molecular weight excluding hydrogens is 360 g/mol. The third kappa shape index (κ3) is 3.63. The molecule has 1 heterocycles. The van der Waals surface area contributed by atoms with E-state index < -0.39 is 0 Å². The highest BCUT2D eigenvalue weighted by Crippen LogP contribution is 2.32. The number of pyridine rings is 1. The minimum atomic E-state index is -0.0593. The number of anilines is 1. The first kappa shape index (κ1) is 19.2. The van der Waals surface area contributed by atoms with Crippen molar-refractivity contribution in [1.82, 2.24) is 4.57 Å². The normalized spacial score (nSPS) is 13.9. The number of allylic oxidation sites excluding steroid dienone is 2. The summed E-state index contributed by atoms with van der Waals surface area (Å²) in [5.41, 5.74) is 4.59. The SMILES string of the molecule is CCn1c(=O)cc(C2=CCCCC2)c2cc(C(=O)N(C)c3ccccc3)ccc21. The molecule has 0 unspecified atom stereocenters. The number of benzene rings is 2. The lowest BCUT2D eigenvalue weighted by Gasteiger charge is -2.20. The zero-order valence-corrected chi connectivity index (χ0v) is 17.0. The molecule has 0 aliphatic heterocycles. The Morgan fingerprint density at radius 1 is 1.07 bits per heavy atom. The predicted octanol–water partition coefficient (Wildman–Crippen LogP) is 5.26. The van der Waals surface area contributed by atoms with Crippen molar-refractivity contribution in [2.24, 2.45) is 0 Å². The van der Waals surface area contributed by atoms with E-state index in [9.17, 15) is 9.59 Å². The fourth-order valence-electron chi connectivity index (χ4n) is 4.16. The zero-order valence-electron chi connectivity index (χ0n) is 17.0. The van der Waals surface area contributed by atoms with Gasteiger partial charge in [0.15, 0.2) is 0 Å². The largest absolute Gasteiger partial charge is 0.311 e. The van der Waals surface area contributed by atoms with Gasteiger partial charge in [-0.25, -0.2) is 0 Å². The van der Waals surface area contributed by atoms with Crippen molar-refractivity contribution in [3.63, 3.8) is 0 Å². The Bertz CT molecular complexity index is 1140. The van der Waals surface area contributed by atoms with E-state index in [1.807, 2.05) is 55.5 Å². The second-order valence-corrected chi connectivity index (χ2v) is 7.55. The lowest BCUT2D eigenvalue weighted by atomic mass is 9.91. The molecule has 0 saturated heterocycles. The Labute approximate surface area is 171 Å². The Morgan fingerprint density at radius 2 is 1.86 bits per heavy atom. The van der Waals surface area contributed by atoms with E-state index in [4.69, 9.17) is 0 Å². The van der Waals surface area contributed by atoms with Gasteiger partial charge in [0.1, 0.15) is 0 Å². The molecule has 0 spiro atoms. The molecule has 4 heteroatoms.